The molecule has 124 valence electrons. The van der Waals surface area contributed by atoms with E-state index in [4.69, 9.17) is 27.9 Å². The minimum atomic E-state index is 0. The molecule has 1 aromatic rings. The Bertz CT molecular complexity index is 480. The van der Waals surface area contributed by atoms with Gasteiger partial charge in [0.15, 0.2) is 0 Å². The summed E-state index contributed by atoms with van der Waals surface area (Å²) in [6, 6.07) is 5.68. The fourth-order valence-corrected chi connectivity index (χ4v) is 2.61. The normalized spacial score (nSPS) is 16.9. The Balaban J connectivity index is 0.00000242. The molecule has 0 radical (unpaired) electrons. The first-order valence-electron chi connectivity index (χ1n) is 7.23. The molecule has 1 aliphatic rings. The zero-order valence-corrected chi connectivity index (χ0v) is 14.6. The number of hydrogen-bond donors (Lipinski definition) is 2. The van der Waals surface area contributed by atoms with Crippen LogP contribution in [0.2, 0.25) is 10.0 Å². The van der Waals surface area contributed by atoms with Crippen LogP contribution < -0.4 is 15.4 Å². The SMILES string of the molecule is Cl.O=C(CCCOc1cccc(Cl)c1Cl)NCC1CCCN1. The summed E-state index contributed by atoms with van der Waals surface area (Å²) in [7, 11) is 0. The number of rotatable bonds is 7. The zero-order chi connectivity index (χ0) is 15.1. The van der Waals surface area contributed by atoms with Crippen LogP contribution in [0.3, 0.4) is 0 Å². The maximum Gasteiger partial charge on any atom is 0.220 e. The lowest BCUT2D eigenvalue weighted by Crippen LogP contribution is -2.37. The number of hydrogen-bond acceptors (Lipinski definition) is 3. The molecule has 1 aliphatic heterocycles. The van der Waals surface area contributed by atoms with E-state index in [-0.39, 0.29) is 18.3 Å². The van der Waals surface area contributed by atoms with Gasteiger partial charge in [-0.05, 0) is 37.9 Å². The van der Waals surface area contributed by atoms with Crippen molar-refractivity contribution in [3.63, 3.8) is 0 Å². The summed E-state index contributed by atoms with van der Waals surface area (Å²) in [6.45, 7) is 2.20. The van der Waals surface area contributed by atoms with Gasteiger partial charge in [-0.1, -0.05) is 29.3 Å². The molecule has 1 unspecified atom stereocenters. The third-order valence-electron chi connectivity index (χ3n) is 3.43. The summed E-state index contributed by atoms with van der Waals surface area (Å²) in [6.07, 6.45) is 3.42. The molecule has 7 heteroatoms. The Hall–Kier alpha value is -0.680. The van der Waals surface area contributed by atoms with E-state index >= 15 is 0 Å². The lowest BCUT2D eigenvalue weighted by atomic mass is 10.2. The second-order valence-corrected chi connectivity index (χ2v) is 5.89. The average Bonchev–Trinajstić information content (AvgIpc) is 2.99. The number of ether oxygens (including phenoxy) is 1. The lowest BCUT2D eigenvalue weighted by molar-refractivity contribution is -0.121. The number of carbonyl (C=O) groups is 1. The smallest absolute Gasteiger partial charge is 0.220 e. The Labute approximate surface area is 147 Å². The second-order valence-electron chi connectivity index (χ2n) is 5.10. The van der Waals surface area contributed by atoms with Crippen LogP contribution in [-0.2, 0) is 4.79 Å². The van der Waals surface area contributed by atoms with Gasteiger partial charge in [0, 0.05) is 19.0 Å². The zero-order valence-electron chi connectivity index (χ0n) is 12.2. The van der Waals surface area contributed by atoms with Gasteiger partial charge in [-0.25, -0.2) is 0 Å². The van der Waals surface area contributed by atoms with Crippen LogP contribution in [0.25, 0.3) is 0 Å². The van der Waals surface area contributed by atoms with Gasteiger partial charge in [0.2, 0.25) is 5.91 Å². The van der Waals surface area contributed by atoms with Crippen LogP contribution in [0.4, 0.5) is 0 Å². The first-order chi connectivity index (χ1) is 10.2. The molecule has 2 N–H and O–H groups in total. The van der Waals surface area contributed by atoms with Gasteiger partial charge in [-0.15, -0.1) is 12.4 Å². The topological polar surface area (TPSA) is 50.4 Å². The summed E-state index contributed by atoms with van der Waals surface area (Å²) in [5, 5.41) is 7.17. The van der Waals surface area contributed by atoms with Crippen LogP contribution in [0.5, 0.6) is 5.75 Å². The van der Waals surface area contributed by atoms with E-state index in [1.54, 1.807) is 18.2 Å². The van der Waals surface area contributed by atoms with E-state index in [0.717, 1.165) is 13.0 Å². The highest BCUT2D eigenvalue weighted by Crippen LogP contribution is 2.31. The molecule has 0 bridgehead atoms. The molecule has 1 aromatic carbocycles. The molecule has 1 saturated heterocycles. The highest BCUT2D eigenvalue weighted by atomic mass is 35.5. The number of benzene rings is 1. The van der Waals surface area contributed by atoms with E-state index in [9.17, 15) is 4.79 Å². The van der Waals surface area contributed by atoms with Crippen LogP contribution in [-0.4, -0.2) is 31.6 Å². The van der Waals surface area contributed by atoms with E-state index in [1.165, 1.54) is 6.42 Å². The van der Waals surface area contributed by atoms with Crippen molar-refractivity contribution < 1.29 is 9.53 Å². The quantitative estimate of drug-likeness (QED) is 0.726. The second kappa shape index (κ2) is 10.2. The maximum absolute atomic E-state index is 11.7. The van der Waals surface area contributed by atoms with Crippen molar-refractivity contribution in [3.05, 3.63) is 28.2 Å². The fourth-order valence-electron chi connectivity index (χ4n) is 2.27. The van der Waals surface area contributed by atoms with Gasteiger partial charge in [0.1, 0.15) is 10.8 Å². The van der Waals surface area contributed by atoms with E-state index in [2.05, 4.69) is 10.6 Å². The summed E-state index contributed by atoms with van der Waals surface area (Å²) < 4.78 is 5.54. The van der Waals surface area contributed by atoms with Gasteiger partial charge >= 0.3 is 0 Å². The molecule has 0 aromatic heterocycles. The van der Waals surface area contributed by atoms with Crippen LogP contribution in [0.15, 0.2) is 18.2 Å². The molecule has 0 spiro atoms. The summed E-state index contributed by atoms with van der Waals surface area (Å²) in [4.78, 5) is 11.7. The molecule has 1 atom stereocenters. The molecule has 0 saturated carbocycles. The van der Waals surface area contributed by atoms with Crippen molar-refractivity contribution >= 4 is 41.5 Å². The number of amides is 1. The highest BCUT2D eigenvalue weighted by molar-refractivity contribution is 6.42. The highest BCUT2D eigenvalue weighted by Gasteiger charge is 2.14. The van der Waals surface area contributed by atoms with Gasteiger partial charge in [-0.2, -0.15) is 0 Å². The van der Waals surface area contributed by atoms with Crippen molar-refractivity contribution in [1.82, 2.24) is 10.6 Å². The largest absolute Gasteiger partial charge is 0.492 e. The molecule has 1 amide bonds. The molecule has 1 heterocycles. The van der Waals surface area contributed by atoms with Crippen LogP contribution in [0, 0.1) is 0 Å². The van der Waals surface area contributed by atoms with Gasteiger partial charge in [-0.3, -0.25) is 4.79 Å². The van der Waals surface area contributed by atoms with Crippen molar-refractivity contribution in [3.8, 4) is 5.75 Å². The first-order valence-corrected chi connectivity index (χ1v) is 7.99. The van der Waals surface area contributed by atoms with Gasteiger partial charge in [0.25, 0.3) is 0 Å². The Kier molecular flexibility index (Phi) is 8.95. The van der Waals surface area contributed by atoms with Crippen LogP contribution in [0.1, 0.15) is 25.7 Å². The minimum absolute atomic E-state index is 0. The Morgan fingerprint density at radius 1 is 1.41 bits per heavy atom. The minimum Gasteiger partial charge on any atom is -0.492 e. The molecule has 2 rings (SSSR count). The fraction of sp³-hybridized carbons (Fsp3) is 0.533. The number of halogens is 3. The molecular formula is C15H21Cl3N2O2. The van der Waals surface area contributed by atoms with Crippen molar-refractivity contribution in [2.75, 3.05) is 19.7 Å². The molecule has 1 fully saturated rings. The lowest BCUT2D eigenvalue weighted by Gasteiger charge is -2.12. The van der Waals surface area contributed by atoms with E-state index in [0.29, 0.717) is 47.8 Å². The van der Waals surface area contributed by atoms with Crippen molar-refractivity contribution in [1.29, 1.82) is 0 Å². The van der Waals surface area contributed by atoms with Crippen LogP contribution >= 0.6 is 35.6 Å². The van der Waals surface area contributed by atoms with E-state index < -0.39 is 0 Å². The van der Waals surface area contributed by atoms with Crippen molar-refractivity contribution in [2.45, 2.75) is 31.7 Å². The third-order valence-corrected chi connectivity index (χ3v) is 4.23. The summed E-state index contributed by atoms with van der Waals surface area (Å²) in [5.74, 6) is 0.615. The monoisotopic (exact) mass is 366 g/mol. The standard InChI is InChI=1S/C15H20Cl2N2O2.ClH/c16-12-5-1-6-13(15(12)17)21-9-3-7-14(20)19-10-11-4-2-8-18-11;/h1,5-6,11,18H,2-4,7-10H2,(H,19,20);1H. The molecule has 22 heavy (non-hydrogen) atoms. The van der Waals surface area contributed by atoms with E-state index in [1.807, 2.05) is 0 Å². The number of nitrogens with one attached hydrogen (secondary N) is 2. The van der Waals surface area contributed by atoms with Crippen molar-refractivity contribution in [2.24, 2.45) is 0 Å². The molecular weight excluding hydrogens is 347 g/mol. The van der Waals surface area contributed by atoms with Gasteiger partial charge in [0.05, 0.1) is 11.6 Å². The summed E-state index contributed by atoms with van der Waals surface area (Å²) >= 11 is 11.9. The maximum atomic E-state index is 11.7. The number of carbonyl (C=O) groups excluding carboxylic acids is 1. The Morgan fingerprint density at radius 3 is 2.95 bits per heavy atom. The first kappa shape index (κ1) is 19.4. The molecule has 0 aliphatic carbocycles. The Morgan fingerprint density at radius 2 is 2.23 bits per heavy atom. The predicted molar refractivity (Wildman–Crippen MR) is 92.5 cm³/mol. The average molecular weight is 368 g/mol. The third kappa shape index (κ3) is 6.21. The summed E-state index contributed by atoms with van der Waals surface area (Å²) in [5.41, 5.74) is 0. The van der Waals surface area contributed by atoms with Gasteiger partial charge < -0.3 is 15.4 Å². The molecule has 4 nitrogen and oxygen atoms in total. The predicted octanol–water partition coefficient (Wildman–Crippen LogP) is 3.44.